The number of carbonyl (C=O) groups is 2. The van der Waals surface area contributed by atoms with Gasteiger partial charge in [0.05, 0.1) is 17.1 Å². The Morgan fingerprint density at radius 2 is 2.00 bits per heavy atom. The van der Waals surface area contributed by atoms with E-state index in [-0.39, 0.29) is 5.91 Å². The highest BCUT2D eigenvalue weighted by Crippen LogP contribution is 2.42. The number of hydrogen-bond donors (Lipinski definition) is 2. The van der Waals surface area contributed by atoms with Crippen molar-refractivity contribution in [3.05, 3.63) is 36.5 Å². The number of amides is 3. The summed E-state index contributed by atoms with van der Waals surface area (Å²) >= 11 is 1.37. The number of rotatable bonds is 5. The van der Waals surface area contributed by atoms with E-state index in [2.05, 4.69) is 32.3 Å². The zero-order chi connectivity index (χ0) is 17.1. The van der Waals surface area contributed by atoms with Crippen LogP contribution in [0.15, 0.2) is 41.7 Å². The van der Waals surface area contributed by atoms with Crippen LogP contribution in [0.2, 0.25) is 0 Å². The molecule has 1 aromatic carbocycles. The van der Waals surface area contributed by atoms with E-state index in [0.29, 0.717) is 6.04 Å². The van der Waals surface area contributed by atoms with Gasteiger partial charge in [-0.15, -0.1) is 0 Å². The molecule has 2 N–H and O–H groups in total. The number of nitrogens with one attached hydrogen (secondary N) is 2. The van der Waals surface area contributed by atoms with Gasteiger partial charge in [0.1, 0.15) is 0 Å². The van der Waals surface area contributed by atoms with E-state index in [1.54, 1.807) is 6.92 Å². The van der Waals surface area contributed by atoms with Gasteiger partial charge in [0, 0.05) is 13.1 Å². The molecule has 24 heavy (non-hydrogen) atoms. The number of benzene rings is 1. The van der Waals surface area contributed by atoms with E-state index < -0.39 is 11.3 Å². The number of nitrogens with zero attached hydrogens (tertiary/aromatic N) is 2. The quantitative estimate of drug-likeness (QED) is 0.818. The molecule has 1 fully saturated rings. The molecule has 0 aliphatic heterocycles. The summed E-state index contributed by atoms with van der Waals surface area (Å²) in [6.45, 7) is 1.77. The molecule has 1 aliphatic carbocycles. The number of carbonyl (C=O) groups excluding carboxylic acids is 2. The molecule has 6 nitrogen and oxygen atoms in total. The smallest absolute Gasteiger partial charge is 0.321 e. The molecule has 3 rings (SSSR count). The lowest BCUT2D eigenvalue weighted by Crippen LogP contribution is -2.41. The van der Waals surface area contributed by atoms with Gasteiger partial charge in [-0.2, -0.15) is 0 Å². The molecule has 1 atom stereocenters. The Morgan fingerprint density at radius 1 is 1.29 bits per heavy atom. The van der Waals surface area contributed by atoms with Crippen molar-refractivity contribution in [1.82, 2.24) is 20.2 Å². The highest BCUT2D eigenvalue weighted by atomic mass is 32.2. The molecule has 3 amide bonds. The van der Waals surface area contributed by atoms with Crippen LogP contribution >= 0.6 is 11.8 Å². The summed E-state index contributed by atoms with van der Waals surface area (Å²) in [6, 6.07) is 10.1. The number of imide groups is 1. The van der Waals surface area contributed by atoms with E-state index in [0.717, 1.165) is 29.3 Å². The first-order chi connectivity index (χ1) is 11.6. The number of imidazole rings is 1. The molecule has 1 aromatic heterocycles. The third-order valence-corrected chi connectivity index (χ3v) is 4.94. The van der Waals surface area contributed by atoms with E-state index in [9.17, 15) is 9.59 Å². The molecule has 0 spiro atoms. The van der Waals surface area contributed by atoms with Crippen LogP contribution in [0, 0.1) is 0 Å². The van der Waals surface area contributed by atoms with E-state index in [1.807, 2.05) is 24.4 Å². The lowest BCUT2D eigenvalue weighted by atomic mass is 10.2. The number of thioether (sulfide) groups is 1. The van der Waals surface area contributed by atoms with Gasteiger partial charge in [-0.05, 0) is 25.3 Å². The van der Waals surface area contributed by atoms with Gasteiger partial charge in [-0.1, -0.05) is 42.1 Å². The summed E-state index contributed by atoms with van der Waals surface area (Å²) < 4.78 is 2.21. The average Bonchev–Trinajstić information content (AvgIpc) is 3.35. The fraction of sp³-hybridized carbons (Fsp3) is 0.353. The molecule has 126 valence electrons. The van der Waals surface area contributed by atoms with Crippen molar-refractivity contribution >= 4 is 23.7 Å². The monoisotopic (exact) mass is 344 g/mol. The predicted molar refractivity (Wildman–Crippen MR) is 93.9 cm³/mol. The Hall–Kier alpha value is -2.28. The molecule has 0 saturated heterocycles. The summed E-state index contributed by atoms with van der Waals surface area (Å²) in [5, 5.41) is 5.09. The van der Waals surface area contributed by atoms with Gasteiger partial charge in [-0.25, -0.2) is 9.78 Å². The fourth-order valence-corrected chi connectivity index (χ4v) is 3.38. The molecule has 1 saturated carbocycles. The summed E-state index contributed by atoms with van der Waals surface area (Å²) in [4.78, 5) is 27.9. The van der Waals surface area contributed by atoms with Crippen molar-refractivity contribution in [3.63, 3.8) is 0 Å². The Kier molecular flexibility index (Phi) is 4.89. The lowest BCUT2D eigenvalue weighted by molar-refractivity contribution is -0.119. The van der Waals surface area contributed by atoms with Crippen molar-refractivity contribution in [3.8, 4) is 11.3 Å². The fourth-order valence-electron chi connectivity index (χ4n) is 2.43. The predicted octanol–water partition coefficient (Wildman–Crippen LogP) is 2.82. The van der Waals surface area contributed by atoms with Gasteiger partial charge in [0.25, 0.3) is 0 Å². The summed E-state index contributed by atoms with van der Waals surface area (Å²) in [5.41, 5.74) is 2.19. The summed E-state index contributed by atoms with van der Waals surface area (Å²) in [7, 11) is 1.48. The van der Waals surface area contributed by atoms with Crippen molar-refractivity contribution in [2.75, 3.05) is 7.05 Å². The maximum absolute atomic E-state index is 12.1. The minimum atomic E-state index is -0.497. The molecule has 7 heteroatoms. The van der Waals surface area contributed by atoms with Crippen LogP contribution in [0.25, 0.3) is 11.3 Å². The van der Waals surface area contributed by atoms with Gasteiger partial charge in [0.15, 0.2) is 5.16 Å². The van der Waals surface area contributed by atoms with Crippen LogP contribution in [0.3, 0.4) is 0 Å². The molecule has 1 heterocycles. The first-order valence-electron chi connectivity index (χ1n) is 7.92. The van der Waals surface area contributed by atoms with Gasteiger partial charge in [-0.3, -0.25) is 10.1 Å². The second kappa shape index (κ2) is 7.09. The zero-order valence-corrected chi connectivity index (χ0v) is 14.5. The molecular weight excluding hydrogens is 324 g/mol. The first-order valence-corrected chi connectivity index (χ1v) is 8.80. The second-order valence-corrected chi connectivity index (χ2v) is 7.03. The molecular formula is C17H20N4O2S. The molecule has 2 aromatic rings. The lowest BCUT2D eigenvalue weighted by Gasteiger charge is -2.14. The van der Waals surface area contributed by atoms with Gasteiger partial charge in [0.2, 0.25) is 5.91 Å². The Labute approximate surface area is 145 Å². The van der Waals surface area contributed by atoms with Crippen LogP contribution < -0.4 is 10.6 Å². The van der Waals surface area contributed by atoms with Crippen molar-refractivity contribution in [2.45, 2.75) is 36.2 Å². The molecule has 0 bridgehead atoms. The maximum atomic E-state index is 12.1. The summed E-state index contributed by atoms with van der Waals surface area (Å²) in [6.07, 6.45) is 4.12. The number of aromatic nitrogens is 2. The van der Waals surface area contributed by atoms with Crippen LogP contribution in [0.4, 0.5) is 4.79 Å². The van der Waals surface area contributed by atoms with Gasteiger partial charge >= 0.3 is 6.03 Å². The normalized spacial score (nSPS) is 14.9. The highest BCUT2D eigenvalue weighted by Gasteiger charge is 2.30. The van der Waals surface area contributed by atoms with Crippen LogP contribution in [0.5, 0.6) is 0 Å². The number of urea groups is 1. The van der Waals surface area contributed by atoms with E-state index >= 15 is 0 Å². The largest absolute Gasteiger partial charge is 0.341 e. The Balaban J connectivity index is 1.80. The molecule has 0 radical (unpaired) electrons. The van der Waals surface area contributed by atoms with Crippen LogP contribution in [-0.2, 0) is 4.79 Å². The van der Waals surface area contributed by atoms with Gasteiger partial charge < -0.3 is 9.88 Å². The Morgan fingerprint density at radius 3 is 2.62 bits per heavy atom. The standard InChI is InChI=1S/C17H20N4O2S/c1-11(15(22)20-16(23)18-2)24-17-19-10-14(21(17)13-8-9-13)12-6-4-3-5-7-12/h3-7,10-11,13H,8-9H2,1-2H3,(H2,18,20,22,23)/t11-/m0/s1. The van der Waals surface area contributed by atoms with Crippen LogP contribution in [-0.4, -0.2) is 33.8 Å². The second-order valence-electron chi connectivity index (χ2n) is 5.72. The molecule has 1 aliphatic rings. The van der Waals surface area contributed by atoms with Crippen molar-refractivity contribution in [1.29, 1.82) is 0 Å². The minimum absolute atomic E-state index is 0.328. The van der Waals surface area contributed by atoms with Crippen molar-refractivity contribution < 1.29 is 9.59 Å². The third-order valence-electron chi connectivity index (χ3n) is 3.86. The third kappa shape index (κ3) is 3.62. The topological polar surface area (TPSA) is 76.0 Å². The first kappa shape index (κ1) is 16.6. The Bertz CT molecular complexity index is 740. The SMILES string of the molecule is CNC(=O)NC(=O)[C@H](C)Sc1ncc(-c2ccccc2)n1C1CC1. The molecule has 0 unspecified atom stereocenters. The zero-order valence-electron chi connectivity index (χ0n) is 13.7. The maximum Gasteiger partial charge on any atom is 0.321 e. The van der Waals surface area contributed by atoms with E-state index in [1.165, 1.54) is 18.8 Å². The van der Waals surface area contributed by atoms with E-state index in [4.69, 9.17) is 0 Å². The summed E-state index contributed by atoms with van der Waals surface area (Å²) in [5.74, 6) is -0.328. The average molecular weight is 344 g/mol. The van der Waals surface area contributed by atoms with Crippen LogP contribution in [0.1, 0.15) is 25.8 Å². The minimum Gasteiger partial charge on any atom is -0.341 e. The number of hydrogen-bond acceptors (Lipinski definition) is 4. The van der Waals surface area contributed by atoms with Crippen molar-refractivity contribution in [2.24, 2.45) is 0 Å². The highest BCUT2D eigenvalue weighted by molar-refractivity contribution is 8.00.